The molecular weight excluding hydrogens is 248 g/mol. The van der Waals surface area contributed by atoms with Crippen LogP contribution in [0.25, 0.3) is 0 Å². The summed E-state index contributed by atoms with van der Waals surface area (Å²) in [5.41, 5.74) is 1.21. The largest absolute Gasteiger partial charge is 0.388 e. The highest BCUT2D eigenvalue weighted by molar-refractivity contribution is 6.30. The standard InChI is InChI=1S/C14H19ClN2O/c1-2-14(18)11-16-7-9-17(10-8-16)13-5-3-12(15)4-6-13/h2-6,14,18H,1,7-11H2/t14-/m0/s1. The van der Waals surface area contributed by atoms with Gasteiger partial charge in [0.05, 0.1) is 6.10 Å². The Hall–Kier alpha value is -1.03. The van der Waals surface area contributed by atoms with E-state index in [1.54, 1.807) is 6.08 Å². The maximum absolute atomic E-state index is 9.54. The zero-order valence-corrected chi connectivity index (χ0v) is 11.2. The molecule has 1 fully saturated rings. The molecule has 0 spiro atoms. The summed E-state index contributed by atoms with van der Waals surface area (Å²) in [5.74, 6) is 0. The average molecular weight is 267 g/mol. The van der Waals surface area contributed by atoms with Crippen molar-refractivity contribution in [2.75, 3.05) is 37.6 Å². The van der Waals surface area contributed by atoms with Gasteiger partial charge in [0.2, 0.25) is 0 Å². The van der Waals surface area contributed by atoms with Gasteiger partial charge < -0.3 is 10.0 Å². The van der Waals surface area contributed by atoms with E-state index in [2.05, 4.69) is 28.5 Å². The van der Waals surface area contributed by atoms with Gasteiger partial charge in [0.25, 0.3) is 0 Å². The van der Waals surface area contributed by atoms with E-state index in [4.69, 9.17) is 11.6 Å². The van der Waals surface area contributed by atoms with Gasteiger partial charge >= 0.3 is 0 Å². The molecule has 1 aromatic carbocycles. The Labute approximate surface area is 113 Å². The summed E-state index contributed by atoms with van der Waals surface area (Å²) in [5, 5.41) is 10.3. The number of halogens is 1. The SMILES string of the molecule is C=C[C@H](O)CN1CCN(c2ccc(Cl)cc2)CC1. The summed E-state index contributed by atoms with van der Waals surface area (Å²) in [6.45, 7) is 8.16. The smallest absolute Gasteiger partial charge is 0.0845 e. The van der Waals surface area contributed by atoms with Crippen molar-refractivity contribution < 1.29 is 5.11 Å². The van der Waals surface area contributed by atoms with Crippen LogP contribution in [0.15, 0.2) is 36.9 Å². The van der Waals surface area contributed by atoms with E-state index in [-0.39, 0.29) is 0 Å². The summed E-state index contributed by atoms with van der Waals surface area (Å²) in [6, 6.07) is 7.95. The van der Waals surface area contributed by atoms with Crippen LogP contribution in [-0.2, 0) is 0 Å². The van der Waals surface area contributed by atoms with Crippen LogP contribution < -0.4 is 4.90 Å². The lowest BCUT2D eigenvalue weighted by molar-refractivity contribution is 0.142. The predicted octanol–water partition coefficient (Wildman–Crippen LogP) is 2.01. The number of aliphatic hydroxyl groups is 1. The van der Waals surface area contributed by atoms with Gasteiger partial charge in [-0.3, -0.25) is 4.90 Å². The second-order valence-electron chi connectivity index (χ2n) is 4.57. The maximum Gasteiger partial charge on any atom is 0.0845 e. The van der Waals surface area contributed by atoms with Crippen LogP contribution in [0, 0.1) is 0 Å². The Kier molecular flexibility index (Phi) is 4.64. The van der Waals surface area contributed by atoms with Crippen LogP contribution in [0.2, 0.25) is 5.02 Å². The zero-order valence-electron chi connectivity index (χ0n) is 10.4. The first kappa shape index (κ1) is 13.4. The lowest BCUT2D eigenvalue weighted by Gasteiger charge is -2.36. The molecule has 1 aromatic rings. The summed E-state index contributed by atoms with van der Waals surface area (Å²) >= 11 is 5.88. The minimum absolute atomic E-state index is 0.424. The molecule has 1 atom stereocenters. The van der Waals surface area contributed by atoms with Crippen molar-refractivity contribution >= 4 is 17.3 Å². The van der Waals surface area contributed by atoms with E-state index >= 15 is 0 Å². The van der Waals surface area contributed by atoms with Crippen LogP contribution >= 0.6 is 11.6 Å². The van der Waals surface area contributed by atoms with E-state index < -0.39 is 6.10 Å². The Morgan fingerprint density at radius 1 is 1.22 bits per heavy atom. The second-order valence-corrected chi connectivity index (χ2v) is 5.00. The van der Waals surface area contributed by atoms with Crippen LogP contribution in [0.3, 0.4) is 0 Å². The lowest BCUT2D eigenvalue weighted by Crippen LogP contribution is -2.48. The second kappa shape index (κ2) is 6.23. The van der Waals surface area contributed by atoms with Crippen molar-refractivity contribution in [3.05, 3.63) is 41.9 Å². The molecule has 0 amide bonds. The molecule has 0 bridgehead atoms. The van der Waals surface area contributed by atoms with Gasteiger partial charge in [0.15, 0.2) is 0 Å². The van der Waals surface area contributed by atoms with Crippen LogP contribution in [0.1, 0.15) is 0 Å². The average Bonchev–Trinajstić information content (AvgIpc) is 2.40. The number of piperazine rings is 1. The maximum atomic E-state index is 9.54. The topological polar surface area (TPSA) is 26.7 Å². The molecule has 18 heavy (non-hydrogen) atoms. The molecule has 1 N–H and O–H groups in total. The number of hydrogen-bond acceptors (Lipinski definition) is 3. The van der Waals surface area contributed by atoms with E-state index in [0.29, 0.717) is 6.54 Å². The quantitative estimate of drug-likeness (QED) is 0.845. The van der Waals surface area contributed by atoms with Crippen molar-refractivity contribution in [1.82, 2.24) is 4.90 Å². The zero-order chi connectivity index (χ0) is 13.0. The Morgan fingerprint density at radius 2 is 1.83 bits per heavy atom. The highest BCUT2D eigenvalue weighted by Crippen LogP contribution is 2.19. The monoisotopic (exact) mass is 266 g/mol. The first-order valence-electron chi connectivity index (χ1n) is 6.22. The van der Waals surface area contributed by atoms with Gasteiger partial charge in [-0.25, -0.2) is 0 Å². The molecule has 0 aliphatic carbocycles. The fourth-order valence-corrected chi connectivity index (χ4v) is 2.31. The normalized spacial score (nSPS) is 18.7. The fraction of sp³-hybridized carbons (Fsp3) is 0.429. The van der Waals surface area contributed by atoms with E-state index in [0.717, 1.165) is 31.2 Å². The molecule has 4 heteroatoms. The van der Waals surface area contributed by atoms with Crippen LogP contribution in [-0.4, -0.2) is 48.8 Å². The molecule has 0 saturated carbocycles. The van der Waals surface area contributed by atoms with Gasteiger partial charge in [-0.15, -0.1) is 6.58 Å². The lowest BCUT2D eigenvalue weighted by atomic mass is 10.2. The molecule has 3 nitrogen and oxygen atoms in total. The molecule has 2 rings (SSSR count). The van der Waals surface area contributed by atoms with E-state index in [1.807, 2.05) is 12.1 Å². The first-order valence-corrected chi connectivity index (χ1v) is 6.60. The molecule has 0 radical (unpaired) electrons. The van der Waals surface area contributed by atoms with Gasteiger partial charge in [0, 0.05) is 43.4 Å². The van der Waals surface area contributed by atoms with Crippen molar-refractivity contribution in [2.45, 2.75) is 6.10 Å². The van der Waals surface area contributed by atoms with Gasteiger partial charge in [-0.1, -0.05) is 17.7 Å². The summed E-state index contributed by atoms with van der Waals surface area (Å²) < 4.78 is 0. The number of hydrogen-bond donors (Lipinski definition) is 1. The number of nitrogens with zero attached hydrogens (tertiary/aromatic N) is 2. The molecule has 1 aliphatic rings. The minimum atomic E-state index is -0.424. The van der Waals surface area contributed by atoms with Gasteiger partial charge in [0.1, 0.15) is 0 Å². The molecule has 0 aromatic heterocycles. The Balaban J connectivity index is 1.86. The number of benzene rings is 1. The highest BCUT2D eigenvalue weighted by Gasteiger charge is 2.18. The summed E-state index contributed by atoms with van der Waals surface area (Å²) in [4.78, 5) is 4.60. The summed E-state index contributed by atoms with van der Waals surface area (Å²) in [7, 11) is 0. The third kappa shape index (κ3) is 3.48. The van der Waals surface area contributed by atoms with Crippen molar-refractivity contribution in [3.63, 3.8) is 0 Å². The Bertz CT molecular complexity index is 385. The van der Waals surface area contributed by atoms with Crippen molar-refractivity contribution in [3.8, 4) is 0 Å². The van der Waals surface area contributed by atoms with E-state index in [1.165, 1.54) is 5.69 Å². The molecule has 1 heterocycles. The van der Waals surface area contributed by atoms with Crippen molar-refractivity contribution in [2.24, 2.45) is 0 Å². The van der Waals surface area contributed by atoms with Crippen molar-refractivity contribution in [1.29, 1.82) is 0 Å². The van der Waals surface area contributed by atoms with Gasteiger partial charge in [-0.05, 0) is 24.3 Å². The highest BCUT2D eigenvalue weighted by atomic mass is 35.5. The van der Waals surface area contributed by atoms with Crippen LogP contribution in [0.5, 0.6) is 0 Å². The molecule has 0 unspecified atom stereocenters. The number of anilines is 1. The third-order valence-corrected chi connectivity index (χ3v) is 3.53. The molecule has 1 aliphatic heterocycles. The van der Waals surface area contributed by atoms with E-state index in [9.17, 15) is 5.11 Å². The number of rotatable bonds is 4. The third-order valence-electron chi connectivity index (χ3n) is 3.28. The minimum Gasteiger partial charge on any atom is -0.388 e. The molecule has 98 valence electrons. The van der Waals surface area contributed by atoms with Gasteiger partial charge in [-0.2, -0.15) is 0 Å². The molecule has 1 saturated heterocycles. The number of aliphatic hydroxyl groups excluding tert-OH is 1. The first-order chi connectivity index (χ1) is 8.69. The Morgan fingerprint density at radius 3 is 2.39 bits per heavy atom. The predicted molar refractivity (Wildman–Crippen MR) is 76.3 cm³/mol. The van der Waals surface area contributed by atoms with Crippen LogP contribution in [0.4, 0.5) is 5.69 Å². The number of β-amino-alcohol motifs (C(OH)–C–C–N with tert-alkyl or cyclic N) is 1. The summed E-state index contributed by atoms with van der Waals surface area (Å²) in [6.07, 6.45) is 1.16. The fourth-order valence-electron chi connectivity index (χ4n) is 2.18. The molecular formula is C14H19ClN2O.